The van der Waals surface area contributed by atoms with Crippen LogP contribution in [0.2, 0.25) is 5.02 Å². The SMILES string of the molecule is CN(CC1CC1)c1cc(Cl)c(C(F)(F)F)cc1[N+](=O)[O-]. The van der Waals surface area contributed by atoms with Gasteiger partial charge in [-0.3, -0.25) is 10.1 Å². The normalized spacial score (nSPS) is 15.2. The van der Waals surface area contributed by atoms with Crippen molar-refractivity contribution in [1.29, 1.82) is 0 Å². The molecular weight excluding hydrogens is 297 g/mol. The molecule has 1 aromatic rings. The molecule has 110 valence electrons. The van der Waals surface area contributed by atoms with Crippen LogP contribution in [0, 0.1) is 16.0 Å². The highest BCUT2D eigenvalue weighted by Crippen LogP contribution is 2.42. The van der Waals surface area contributed by atoms with Crippen molar-refractivity contribution in [3.05, 3.63) is 32.8 Å². The summed E-state index contributed by atoms with van der Waals surface area (Å²) in [5.74, 6) is 0.445. The molecule has 0 bridgehead atoms. The lowest BCUT2D eigenvalue weighted by Crippen LogP contribution is -2.21. The number of nitrogens with zero attached hydrogens (tertiary/aromatic N) is 2. The molecule has 4 nitrogen and oxygen atoms in total. The molecule has 0 saturated heterocycles. The Morgan fingerprint density at radius 3 is 2.50 bits per heavy atom. The largest absolute Gasteiger partial charge is 0.418 e. The van der Waals surface area contributed by atoms with Gasteiger partial charge < -0.3 is 4.90 Å². The van der Waals surface area contributed by atoms with E-state index >= 15 is 0 Å². The number of hydrogen-bond acceptors (Lipinski definition) is 3. The first-order valence-corrected chi connectivity index (χ1v) is 6.34. The summed E-state index contributed by atoms with van der Waals surface area (Å²) in [6.45, 7) is 0.572. The third-order valence-corrected chi connectivity index (χ3v) is 3.52. The van der Waals surface area contributed by atoms with Crippen molar-refractivity contribution in [2.75, 3.05) is 18.5 Å². The molecule has 0 N–H and O–H groups in total. The summed E-state index contributed by atoms with van der Waals surface area (Å²) < 4.78 is 38.2. The van der Waals surface area contributed by atoms with Gasteiger partial charge in [0.1, 0.15) is 5.69 Å². The van der Waals surface area contributed by atoms with E-state index in [1.54, 1.807) is 11.9 Å². The van der Waals surface area contributed by atoms with Gasteiger partial charge in [-0.2, -0.15) is 13.2 Å². The number of benzene rings is 1. The molecule has 2 rings (SSSR count). The van der Waals surface area contributed by atoms with Crippen LogP contribution in [-0.2, 0) is 6.18 Å². The zero-order chi connectivity index (χ0) is 15.1. The van der Waals surface area contributed by atoms with E-state index in [1.807, 2.05) is 0 Å². The van der Waals surface area contributed by atoms with Gasteiger partial charge in [0.2, 0.25) is 0 Å². The highest BCUT2D eigenvalue weighted by Gasteiger charge is 2.37. The highest BCUT2D eigenvalue weighted by atomic mass is 35.5. The summed E-state index contributed by atoms with van der Waals surface area (Å²) in [4.78, 5) is 11.8. The van der Waals surface area contributed by atoms with Crippen molar-refractivity contribution in [1.82, 2.24) is 0 Å². The molecule has 20 heavy (non-hydrogen) atoms. The quantitative estimate of drug-likeness (QED) is 0.621. The number of alkyl halides is 3. The van der Waals surface area contributed by atoms with Crippen LogP contribution in [0.5, 0.6) is 0 Å². The fourth-order valence-corrected chi connectivity index (χ4v) is 2.27. The Labute approximate surface area is 118 Å². The van der Waals surface area contributed by atoms with E-state index in [0.717, 1.165) is 18.9 Å². The van der Waals surface area contributed by atoms with E-state index in [1.165, 1.54) is 0 Å². The Bertz CT molecular complexity index is 544. The van der Waals surface area contributed by atoms with Gasteiger partial charge in [-0.15, -0.1) is 0 Å². The van der Waals surface area contributed by atoms with Crippen LogP contribution in [0.15, 0.2) is 12.1 Å². The topological polar surface area (TPSA) is 46.4 Å². The van der Waals surface area contributed by atoms with Gasteiger partial charge >= 0.3 is 6.18 Å². The molecular formula is C12H12ClF3N2O2. The number of halogens is 4. The molecule has 0 aromatic heterocycles. The molecule has 0 heterocycles. The van der Waals surface area contributed by atoms with Crippen molar-refractivity contribution in [3.8, 4) is 0 Å². The van der Waals surface area contributed by atoms with Crippen molar-refractivity contribution >= 4 is 23.0 Å². The first-order chi connectivity index (χ1) is 9.20. The van der Waals surface area contributed by atoms with Gasteiger partial charge in [-0.25, -0.2) is 0 Å². The van der Waals surface area contributed by atoms with Crippen molar-refractivity contribution < 1.29 is 18.1 Å². The Balaban J connectivity index is 2.45. The third-order valence-electron chi connectivity index (χ3n) is 3.21. The fourth-order valence-electron chi connectivity index (χ4n) is 2.01. The summed E-state index contributed by atoms with van der Waals surface area (Å²) in [5.41, 5.74) is -1.65. The van der Waals surface area contributed by atoms with E-state index in [0.29, 0.717) is 18.5 Å². The van der Waals surface area contributed by atoms with E-state index < -0.39 is 27.4 Å². The van der Waals surface area contributed by atoms with Gasteiger partial charge in [0.15, 0.2) is 0 Å². The van der Waals surface area contributed by atoms with E-state index in [2.05, 4.69) is 0 Å². The third kappa shape index (κ3) is 3.15. The maximum absolute atomic E-state index is 12.7. The number of anilines is 1. The van der Waals surface area contributed by atoms with Crippen LogP contribution in [0.25, 0.3) is 0 Å². The molecule has 1 aliphatic rings. The zero-order valence-corrected chi connectivity index (χ0v) is 11.3. The molecule has 0 amide bonds. The van der Waals surface area contributed by atoms with E-state index in [-0.39, 0.29) is 5.69 Å². The minimum Gasteiger partial charge on any atom is -0.369 e. The fraction of sp³-hybridized carbons (Fsp3) is 0.500. The van der Waals surface area contributed by atoms with Crippen LogP contribution < -0.4 is 4.90 Å². The van der Waals surface area contributed by atoms with Gasteiger partial charge in [-0.1, -0.05) is 11.6 Å². The van der Waals surface area contributed by atoms with Gasteiger partial charge in [-0.05, 0) is 24.8 Å². The van der Waals surface area contributed by atoms with Gasteiger partial charge in [0.25, 0.3) is 5.69 Å². The maximum Gasteiger partial charge on any atom is 0.418 e. The average molecular weight is 309 g/mol. The summed E-state index contributed by atoms with van der Waals surface area (Å²) in [5, 5.41) is 10.5. The van der Waals surface area contributed by atoms with Crippen LogP contribution in [0.3, 0.4) is 0 Å². The Morgan fingerprint density at radius 2 is 2.05 bits per heavy atom. The first-order valence-electron chi connectivity index (χ1n) is 5.96. The predicted octanol–water partition coefficient (Wildman–Crippen LogP) is 4.11. The summed E-state index contributed by atoms with van der Waals surface area (Å²) in [6, 6.07) is 1.52. The molecule has 0 spiro atoms. The second-order valence-corrected chi connectivity index (χ2v) is 5.31. The molecule has 1 aliphatic carbocycles. The minimum atomic E-state index is -4.71. The lowest BCUT2D eigenvalue weighted by atomic mass is 10.1. The van der Waals surface area contributed by atoms with Crippen LogP contribution >= 0.6 is 11.6 Å². The Morgan fingerprint density at radius 1 is 1.45 bits per heavy atom. The second-order valence-electron chi connectivity index (χ2n) is 4.90. The second kappa shape index (κ2) is 5.12. The molecule has 1 saturated carbocycles. The van der Waals surface area contributed by atoms with E-state index in [4.69, 9.17) is 11.6 Å². The molecule has 8 heteroatoms. The van der Waals surface area contributed by atoms with Crippen molar-refractivity contribution in [2.45, 2.75) is 19.0 Å². The summed E-state index contributed by atoms with van der Waals surface area (Å²) >= 11 is 5.62. The monoisotopic (exact) mass is 308 g/mol. The first kappa shape index (κ1) is 14.9. The smallest absolute Gasteiger partial charge is 0.369 e. The van der Waals surface area contributed by atoms with Crippen molar-refractivity contribution in [2.24, 2.45) is 5.92 Å². The number of nitro benzene ring substituents is 1. The Kier molecular flexibility index (Phi) is 3.82. The van der Waals surface area contributed by atoms with Crippen LogP contribution in [0.4, 0.5) is 24.5 Å². The van der Waals surface area contributed by atoms with Crippen molar-refractivity contribution in [3.63, 3.8) is 0 Å². The van der Waals surface area contributed by atoms with Gasteiger partial charge in [0, 0.05) is 19.7 Å². The summed E-state index contributed by atoms with van der Waals surface area (Å²) in [6.07, 6.45) is -2.64. The lowest BCUT2D eigenvalue weighted by molar-refractivity contribution is -0.384. The van der Waals surface area contributed by atoms with Crippen LogP contribution in [-0.4, -0.2) is 18.5 Å². The lowest BCUT2D eigenvalue weighted by Gasteiger charge is -2.20. The molecule has 1 fully saturated rings. The standard InChI is InChI=1S/C12H12ClF3N2O2/c1-17(6-7-2-3-7)10-5-9(13)8(12(14,15)16)4-11(10)18(19)20/h4-5,7H,2-3,6H2,1H3. The maximum atomic E-state index is 12.7. The average Bonchev–Trinajstić information content (AvgIpc) is 3.10. The minimum absolute atomic E-state index is 0.111. The molecule has 0 unspecified atom stereocenters. The van der Waals surface area contributed by atoms with Gasteiger partial charge in [0.05, 0.1) is 15.5 Å². The number of rotatable bonds is 4. The predicted molar refractivity (Wildman–Crippen MR) is 69.1 cm³/mol. The molecule has 0 atom stereocenters. The van der Waals surface area contributed by atoms with Crippen LogP contribution in [0.1, 0.15) is 18.4 Å². The Hall–Kier alpha value is -1.50. The molecule has 1 aromatic carbocycles. The number of nitro groups is 1. The molecule has 0 aliphatic heterocycles. The van der Waals surface area contributed by atoms with E-state index in [9.17, 15) is 23.3 Å². The highest BCUT2D eigenvalue weighted by molar-refractivity contribution is 6.31. The zero-order valence-electron chi connectivity index (χ0n) is 10.6. The molecule has 0 radical (unpaired) electrons. The summed E-state index contributed by atoms with van der Waals surface area (Å²) in [7, 11) is 1.62. The number of hydrogen-bond donors (Lipinski definition) is 0.